The molecule has 1 N–H and O–H groups in total. The third kappa shape index (κ3) is 2.70. The van der Waals surface area contributed by atoms with Crippen LogP contribution in [-0.2, 0) is 9.84 Å². The first-order valence-corrected chi connectivity index (χ1v) is 8.78. The van der Waals surface area contributed by atoms with E-state index in [2.05, 4.69) is 12.2 Å². The van der Waals surface area contributed by atoms with Crippen LogP contribution < -0.4 is 5.32 Å². The summed E-state index contributed by atoms with van der Waals surface area (Å²) >= 11 is 0. The van der Waals surface area contributed by atoms with E-state index >= 15 is 0 Å². The maximum Gasteiger partial charge on any atom is 0.178 e. The zero-order valence-corrected chi connectivity index (χ0v) is 12.1. The van der Waals surface area contributed by atoms with E-state index in [0.717, 1.165) is 18.0 Å². The van der Waals surface area contributed by atoms with Crippen molar-refractivity contribution < 1.29 is 8.42 Å². The molecule has 0 aromatic heterocycles. The van der Waals surface area contributed by atoms with Crippen molar-refractivity contribution in [1.29, 1.82) is 0 Å². The number of hydrogen-bond donors (Lipinski definition) is 1. The van der Waals surface area contributed by atoms with Crippen molar-refractivity contribution in [3.05, 3.63) is 29.8 Å². The quantitative estimate of drug-likeness (QED) is 0.921. The Balaban J connectivity index is 1.76. The summed E-state index contributed by atoms with van der Waals surface area (Å²) in [6, 6.07) is 7.62. The molecule has 0 saturated heterocycles. The average molecular weight is 279 g/mol. The van der Waals surface area contributed by atoms with Crippen LogP contribution >= 0.6 is 0 Å². The maximum absolute atomic E-state index is 12.0. The van der Waals surface area contributed by atoms with Gasteiger partial charge < -0.3 is 5.32 Å². The van der Waals surface area contributed by atoms with E-state index in [4.69, 9.17) is 0 Å². The molecule has 104 valence electrons. The van der Waals surface area contributed by atoms with Gasteiger partial charge in [-0.3, -0.25) is 0 Å². The molecule has 19 heavy (non-hydrogen) atoms. The van der Waals surface area contributed by atoms with Gasteiger partial charge in [-0.05, 0) is 49.3 Å². The van der Waals surface area contributed by atoms with Gasteiger partial charge >= 0.3 is 0 Å². The molecule has 0 radical (unpaired) electrons. The lowest BCUT2D eigenvalue weighted by molar-refractivity contribution is 0.407. The smallest absolute Gasteiger partial charge is 0.178 e. The van der Waals surface area contributed by atoms with Crippen molar-refractivity contribution in [2.45, 2.75) is 37.1 Å². The molecule has 1 aliphatic carbocycles. The summed E-state index contributed by atoms with van der Waals surface area (Å²) in [4.78, 5) is 0.526. The van der Waals surface area contributed by atoms with Gasteiger partial charge in [-0.2, -0.15) is 0 Å². The Hall–Kier alpha value is -0.870. The molecule has 2 aliphatic rings. The standard InChI is InChI=1S/C15H21NO2S/c1-11(12-6-7-12)10-16-14-8-9-19(17,18)15-5-3-2-4-13(14)15/h2-5,11-12,14,16H,6-10H2,1H3. The van der Waals surface area contributed by atoms with Crippen LogP contribution in [0.2, 0.25) is 0 Å². The number of hydrogen-bond acceptors (Lipinski definition) is 3. The summed E-state index contributed by atoms with van der Waals surface area (Å²) in [5.41, 5.74) is 0.955. The normalized spacial score (nSPS) is 26.7. The second kappa shape index (κ2) is 4.91. The minimum Gasteiger partial charge on any atom is -0.310 e. The third-order valence-electron chi connectivity index (χ3n) is 4.42. The van der Waals surface area contributed by atoms with Crippen molar-refractivity contribution in [3.8, 4) is 0 Å². The van der Waals surface area contributed by atoms with E-state index in [-0.39, 0.29) is 11.8 Å². The largest absolute Gasteiger partial charge is 0.310 e. The van der Waals surface area contributed by atoms with Gasteiger partial charge in [0, 0.05) is 6.04 Å². The Morgan fingerprint density at radius 2 is 2.00 bits per heavy atom. The SMILES string of the molecule is CC(CNC1CCS(=O)(=O)c2ccccc21)C1CC1. The van der Waals surface area contributed by atoms with Crippen LogP contribution in [0.15, 0.2) is 29.2 Å². The molecule has 0 spiro atoms. The molecule has 0 amide bonds. The van der Waals surface area contributed by atoms with E-state index in [1.54, 1.807) is 6.07 Å². The first-order chi connectivity index (χ1) is 9.08. The number of benzene rings is 1. The predicted molar refractivity (Wildman–Crippen MR) is 75.7 cm³/mol. The molecule has 1 fully saturated rings. The number of rotatable bonds is 4. The lowest BCUT2D eigenvalue weighted by Crippen LogP contribution is -2.32. The molecule has 1 aromatic rings. The lowest BCUT2D eigenvalue weighted by Gasteiger charge is -2.27. The maximum atomic E-state index is 12.0. The molecule has 1 saturated carbocycles. The van der Waals surface area contributed by atoms with Gasteiger partial charge in [-0.15, -0.1) is 0 Å². The van der Waals surface area contributed by atoms with Crippen LogP contribution in [0.3, 0.4) is 0 Å². The van der Waals surface area contributed by atoms with Crippen molar-refractivity contribution in [2.24, 2.45) is 11.8 Å². The third-order valence-corrected chi connectivity index (χ3v) is 6.23. The molecule has 0 bridgehead atoms. The highest BCUT2D eigenvalue weighted by Crippen LogP contribution is 2.37. The Labute approximate surface area is 115 Å². The van der Waals surface area contributed by atoms with Crippen LogP contribution in [0.25, 0.3) is 0 Å². The second-order valence-corrected chi connectivity index (χ2v) is 8.00. The summed E-state index contributed by atoms with van der Waals surface area (Å²) in [7, 11) is -3.06. The Morgan fingerprint density at radius 3 is 2.74 bits per heavy atom. The number of sulfone groups is 1. The summed E-state index contributed by atoms with van der Waals surface area (Å²) in [5.74, 6) is 1.85. The van der Waals surface area contributed by atoms with E-state index in [9.17, 15) is 8.42 Å². The van der Waals surface area contributed by atoms with E-state index in [1.807, 2.05) is 18.2 Å². The molecular formula is C15H21NO2S. The minimum atomic E-state index is -3.06. The van der Waals surface area contributed by atoms with Crippen molar-refractivity contribution in [2.75, 3.05) is 12.3 Å². The van der Waals surface area contributed by atoms with Crippen LogP contribution in [-0.4, -0.2) is 20.7 Å². The highest BCUT2D eigenvalue weighted by atomic mass is 32.2. The highest BCUT2D eigenvalue weighted by Gasteiger charge is 2.32. The van der Waals surface area contributed by atoms with Gasteiger partial charge in [0.05, 0.1) is 10.6 Å². The molecule has 1 heterocycles. The fourth-order valence-corrected chi connectivity index (χ4v) is 4.58. The number of fused-ring (bicyclic) bond motifs is 1. The molecule has 1 aliphatic heterocycles. The van der Waals surface area contributed by atoms with E-state index in [0.29, 0.717) is 17.2 Å². The first-order valence-electron chi connectivity index (χ1n) is 7.13. The van der Waals surface area contributed by atoms with Crippen molar-refractivity contribution >= 4 is 9.84 Å². The van der Waals surface area contributed by atoms with Crippen LogP contribution in [0, 0.1) is 11.8 Å². The Bertz CT molecular complexity index is 563. The van der Waals surface area contributed by atoms with Gasteiger partial charge in [0.2, 0.25) is 0 Å². The molecule has 1 aromatic carbocycles. The number of nitrogens with one attached hydrogen (secondary N) is 1. The van der Waals surface area contributed by atoms with Crippen LogP contribution in [0.5, 0.6) is 0 Å². The van der Waals surface area contributed by atoms with Crippen molar-refractivity contribution in [3.63, 3.8) is 0 Å². The van der Waals surface area contributed by atoms with Gasteiger partial charge in [-0.1, -0.05) is 25.1 Å². The van der Waals surface area contributed by atoms with E-state index in [1.165, 1.54) is 12.8 Å². The molecule has 2 unspecified atom stereocenters. The van der Waals surface area contributed by atoms with Gasteiger partial charge in [0.25, 0.3) is 0 Å². The Morgan fingerprint density at radius 1 is 1.26 bits per heavy atom. The van der Waals surface area contributed by atoms with Gasteiger partial charge in [-0.25, -0.2) is 8.42 Å². The zero-order valence-electron chi connectivity index (χ0n) is 11.3. The topological polar surface area (TPSA) is 46.2 Å². The van der Waals surface area contributed by atoms with Crippen molar-refractivity contribution in [1.82, 2.24) is 5.32 Å². The van der Waals surface area contributed by atoms with Gasteiger partial charge in [0.15, 0.2) is 9.84 Å². The average Bonchev–Trinajstić information content (AvgIpc) is 3.22. The fraction of sp³-hybridized carbons (Fsp3) is 0.600. The molecule has 4 heteroatoms. The minimum absolute atomic E-state index is 0.195. The second-order valence-electron chi connectivity index (χ2n) is 5.92. The molecule has 2 atom stereocenters. The van der Waals surface area contributed by atoms with Gasteiger partial charge in [0.1, 0.15) is 0 Å². The summed E-state index contributed by atoms with van der Waals surface area (Å²) in [5, 5.41) is 3.57. The zero-order chi connectivity index (χ0) is 13.5. The summed E-state index contributed by atoms with van der Waals surface area (Å²) in [6.07, 6.45) is 3.41. The fourth-order valence-electron chi connectivity index (χ4n) is 2.96. The molecular weight excluding hydrogens is 258 g/mol. The summed E-state index contributed by atoms with van der Waals surface area (Å²) < 4.78 is 24.1. The first kappa shape index (κ1) is 13.1. The predicted octanol–water partition coefficient (Wildman–Crippen LogP) is 2.54. The van der Waals surface area contributed by atoms with Crippen LogP contribution in [0.4, 0.5) is 0 Å². The van der Waals surface area contributed by atoms with E-state index < -0.39 is 9.84 Å². The summed E-state index contributed by atoms with van der Waals surface area (Å²) in [6.45, 7) is 3.28. The monoisotopic (exact) mass is 279 g/mol. The highest BCUT2D eigenvalue weighted by molar-refractivity contribution is 7.91. The lowest BCUT2D eigenvalue weighted by atomic mass is 10.0. The Kier molecular flexibility index (Phi) is 3.39. The molecule has 3 nitrogen and oxygen atoms in total. The molecule has 3 rings (SSSR count). The van der Waals surface area contributed by atoms with Crippen LogP contribution in [0.1, 0.15) is 37.8 Å².